The van der Waals surface area contributed by atoms with Gasteiger partial charge in [-0.25, -0.2) is 15.2 Å². The summed E-state index contributed by atoms with van der Waals surface area (Å²) in [7, 11) is 1.73. The van der Waals surface area contributed by atoms with Crippen molar-refractivity contribution in [3.8, 4) is 22.5 Å². The lowest BCUT2D eigenvalue weighted by molar-refractivity contribution is -0.162. The molecule has 1 aliphatic carbocycles. The third-order valence-corrected chi connectivity index (χ3v) is 14.7. The van der Waals surface area contributed by atoms with Gasteiger partial charge < -0.3 is 24.1 Å². The van der Waals surface area contributed by atoms with E-state index >= 15 is 0 Å². The van der Waals surface area contributed by atoms with Crippen LogP contribution in [0.15, 0.2) is 41.9 Å². The Labute approximate surface area is 368 Å². The van der Waals surface area contributed by atoms with Gasteiger partial charge in [0.25, 0.3) is 5.91 Å². The van der Waals surface area contributed by atoms with E-state index in [4.69, 9.17) is 24.2 Å². The maximum absolute atomic E-state index is 14.3. The maximum atomic E-state index is 14.3. The molecule has 13 nitrogen and oxygen atoms in total. The molecule has 4 aliphatic heterocycles. The van der Waals surface area contributed by atoms with E-state index < -0.39 is 23.0 Å². The molecule has 2 saturated heterocycles. The number of aromatic nitrogens is 3. The molecule has 4 aromatic rings. The van der Waals surface area contributed by atoms with Crippen molar-refractivity contribution in [2.45, 2.75) is 110 Å². The molecule has 0 spiro atoms. The second-order valence-electron chi connectivity index (χ2n) is 19.2. The van der Waals surface area contributed by atoms with Gasteiger partial charge in [-0.15, -0.1) is 11.3 Å². The second-order valence-corrected chi connectivity index (χ2v) is 20.1. The molecule has 1 aromatic carbocycles. The number of carbonyl (C=O) groups is 3. The highest BCUT2D eigenvalue weighted by molar-refractivity contribution is 7.10. The van der Waals surface area contributed by atoms with Gasteiger partial charge in [0, 0.05) is 90.7 Å². The number of rotatable bonds is 7. The Morgan fingerprint density at radius 2 is 1.97 bits per heavy atom. The Morgan fingerprint density at radius 1 is 1.15 bits per heavy atom. The van der Waals surface area contributed by atoms with Crippen LogP contribution in [-0.2, 0) is 48.0 Å². The van der Waals surface area contributed by atoms with Crippen LogP contribution in [0.4, 0.5) is 0 Å². The summed E-state index contributed by atoms with van der Waals surface area (Å²) in [5.74, 6) is -0.619. The fourth-order valence-corrected chi connectivity index (χ4v) is 10.8. The number of hydrogen-bond donors (Lipinski definition) is 2. The Hall–Kier alpha value is -4.47. The van der Waals surface area contributed by atoms with Crippen LogP contribution in [-0.4, -0.2) is 106 Å². The molecular formula is C48H61N7O6S. The first kappa shape index (κ1) is 42.8. The molecule has 0 radical (unpaired) electrons. The summed E-state index contributed by atoms with van der Waals surface area (Å²) >= 11 is 1.49. The molecule has 6 atom stereocenters. The van der Waals surface area contributed by atoms with Gasteiger partial charge in [0.15, 0.2) is 0 Å². The van der Waals surface area contributed by atoms with Crippen LogP contribution in [0.3, 0.4) is 0 Å². The monoisotopic (exact) mass is 863 g/mol. The molecule has 3 fully saturated rings. The average Bonchev–Trinajstić information content (AvgIpc) is 3.70. The smallest absolute Gasteiger partial charge is 0.327 e. The molecule has 7 heterocycles. The molecule has 0 unspecified atom stereocenters. The summed E-state index contributed by atoms with van der Waals surface area (Å²) in [5.41, 5.74) is 11.0. The van der Waals surface area contributed by atoms with Crippen LogP contribution in [0, 0.1) is 17.3 Å². The summed E-state index contributed by atoms with van der Waals surface area (Å²) < 4.78 is 20.6. The lowest BCUT2D eigenvalue weighted by Gasteiger charge is -2.41. The van der Waals surface area contributed by atoms with E-state index in [1.165, 1.54) is 21.9 Å². The standard InChI is InChI=1S/C48H61N7O6S/c1-8-54-40-11-10-31-20-35(40)37(43(54)36-21-32(24-49-42(36)29(3)59-7)30-12-15-53-16-17-60-25-33(53)19-30)23-47(4,5)27-61-46(58)48(6)13-9-14-55(52-48)45(57)38(22-41-50-39(31)26-62-41)51-44(56)34-18-28(34)2/h10-12,20-21,24,26,28-29,33-34,38,52H,8-9,13-19,22-23,25,27H2,1-7H3,(H,51,56)/t28-,29-,33-,34-,38-,48+/m0/s1. The van der Waals surface area contributed by atoms with Gasteiger partial charge in [0.1, 0.15) is 11.6 Å². The minimum Gasteiger partial charge on any atom is -0.464 e. The molecule has 2 amide bonds. The molecular weight excluding hydrogens is 803 g/mol. The summed E-state index contributed by atoms with van der Waals surface area (Å²) in [6.07, 6.45) is 7.74. The van der Waals surface area contributed by atoms with E-state index in [1.54, 1.807) is 14.0 Å². The number of cyclic esters (lactones) is 1. The van der Waals surface area contributed by atoms with Crippen LogP contribution in [0.25, 0.3) is 39.0 Å². The first-order chi connectivity index (χ1) is 29.8. The number of methoxy groups -OCH3 is 1. The highest BCUT2D eigenvalue weighted by atomic mass is 32.1. The molecule has 6 bridgehead atoms. The molecule has 62 heavy (non-hydrogen) atoms. The minimum atomic E-state index is -1.13. The van der Waals surface area contributed by atoms with Gasteiger partial charge >= 0.3 is 5.97 Å². The number of carbonyl (C=O) groups excluding carboxylic acids is 3. The van der Waals surface area contributed by atoms with Crippen LogP contribution < -0.4 is 10.7 Å². The number of morpholine rings is 1. The number of hydrogen-bond acceptors (Lipinski definition) is 11. The largest absolute Gasteiger partial charge is 0.464 e. The third-order valence-electron chi connectivity index (χ3n) is 13.8. The van der Waals surface area contributed by atoms with E-state index in [-0.39, 0.29) is 42.8 Å². The summed E-state index contributed by atoms with van der Waals surface area (Å²) in [6, 6.07) is 8.36. The van der Waals surface area contributed by atoms with Crippen molar-refractivity contribution >= 4 is 45.6 Å². The summed E-state index contributed by atoms with van der Waals surface area (Å²) in [5, 5.41) is 8.47. The van der Waals surface area contributed by atoms with E-state index in [0.29, 0.717) is 38.4 Å². The fourth-order valence-electron chi connectivity index (χ4n) is 9.92. The third kappa shape index (κ3) is 8.24. The first-order valence-corrected chi connectivity index (χ1v) is 23.3. The second kappa shape index (κ2) is 16.9. The predicted molar refractivity (Wildman–Crippen MR) is 240 cm³/mol. The van der Waals surface area contributed by atoms with Crippen molar-refractivity contribution in [1.29, 1.82) is 0 Å². The van der Waals surface area contributed by atoms with Crippen LogP contribution in [0.1, 0.15) is 95.2 Å². The number of aryl methyl sites for hydroxylation is 1. The summed E-state index contributed by atoms with van der Waals surface area (Å²) in [6.45, 7) is 17.0. The zero-order chi connectivity index (χ0) is 43.5. The number of benzene rings is 1. The van der Waals surface area contributed by atoms with Gasteiger partial charge in [0.05, 0.1) is 48.0 Å². The number of fused-ring (bicyclic) bond motifs is 7. The molecule has 1 saturated carbocycles. The average molecular weight is 864 g/mol. The van der Waals surface area contributed by atoms with Crippen LogP contribution in [0.5, 0.6) is 0 Å². The summed E-state index contributed by atoms with van der Waals surface area (Å²) in [4.78, 5) is 54.6. The van der Waals surface area contributed by atoms with Crippen molar-refractivity contribution < 1.29 is 28.6 Å². The highest BCUT2D eigenvalue weighted by Crippen LogP contribution is 2.44. The number of amides is 2. The highest BCUT2D eigenvalue weighted by Gasteiger charge is 2.45. The molecule has 9 rings (SSSR count). The van der Waals surface area contributed by atoms with E-state index in [9.17, 15) is 14.4 Å². The number of ether oxygens (including phenoxy) is 3. The minimum absolute atomic E-state index is 0.101. The van der Waals surface area contributed by atoms with Crippen LogP contribution in [0.2, 0.25) is 0 Å². The Bertz CT molecular complexity index is 2420. The topological polar surface area (TPSA) is 140 Å². The molecule has 330 valence electrons. The van der Waals surface area contributed by atoms with E-state index in [1.807, 2.05) is 11.6 Å². The molecule has 14 heteroatoms. The molecule has 3 aromatic heterocycles. The molecule has 5 aliphatic rings. The predicted octanol–water partition coefficient (Wildman–Crippen LogP) is 6.74. The fraction of sp³-hybridized carbons (Fsp3) is 0.562. The van der Waals surface area contributed by atoms with Crippen LogP contribution >= 0.6 is 11.3 Å². The van der Waals surface area contributed by atoms with Crippen molar-refractivity contribution in [2.24, 2.45) is 17.3 Å². The Morgan fingerprint density at radius 3 is 2.74 bits per heavy atom. The van der Waals surface area contributed by atoms with Gasteiger partial charge in [-0.05, 0) is 93.7 Å². The van der Waals surface area contributed by atoms with Crippen molar-refractivity contribution in [1.82, 2.24) is 35.2 Å². The normalized spacial score (nSPS) is 27.2. The van der Waals surface area contributed by atoms with Crippen molar-refractivity contribution in [3.05, 3.63) is 63.7 Å². The molecule has 2 N–H and O–H groups in total. The van der Waals surface area contributed by atoms with Gasteiger partial charge in [-0.3, -0.25) is 24.5 Å². The number of nitrogens with zero attached hydrogens (tertiary/aromatic N) is 5. The quantitative estimate of drug-likeness (QED) is 0.192. The first-order valence-electron chi connectivity index (χ1n) is 22.5. The number of pyridine rings is 1. The number of nitrogens with one attached hydrogen (secondary N) is 2. The lowest BCUT2D eigenvalue weighted by Crippen LogP contribution is -2.65. The SMILES string of the molecule is CCn1c(-c2cc(C3=CCN4CCOC[C@@H]4C3)cnc2[C@H](C)OC)c2c3cc(ccc31)-c1csc(n1)C[C@H](NC(=O)[C@H]1C[C@@H]1C)C(=O)N1CCC[C@@](C)(N1)C(=O)OCC(C)(C)C2. The lowest BCUT2D eigenvalue weighted by atomic mass is 9.83. The number of thiazole rings is 1. The van der Waals surface area contributed by atoms with Gasteiger partial charge in [-0.1, -0.05) is 32.9 Å². The zero-order valence-electron chi connectivity index (χ0n) is 37.2. The number of esters is 1. The zero-order valence-corrected chi connectivity index (χ0v) is 38.0. The van der Waals surface area contributed by atoms with Crippen molar-refractivity contribution in [2.75, 3.05) is 46.6 Å². The maximum Gasteiger partial charge on any atom is 0.327 e. The Kier molecular flexibility index (Phi) is 11.7. The number of hydrazine groups is 1. The van der Waals surface area contributed by atoms with Gasteiger partial charge in [-0.2, -0.15) is 0 Å². The van der Waals surface area contributed by atoms with Crippen molar-refractivity contribution in [3.63, 3.8) is 0 Å². The van der Waals surface area contributed by atoms with E-state index in [0.717, 1.165) is 94.4 Å². The van der Waals surface area contributed by atoms with Gasteiger partial charge in [0.2, 0.25) is 5.91 Å². The van der Waals surface area contributed by atoms with E-state index in [2.05, 4.69) is 85.2 Å². The Balaban J connectivity index is 1.18.